The number of nitrogens with zero attached hydrogens (tertiary/aromatic N) is 1. The zero-order chi connectivity index (χ0) is 11.4. The van der Waals surface area contributed by atoms with Gasteiger partial charge >= 0.3 is 0 Å². The van der Waals surface area contributed by atoms with Crippen molar-refractivity contribution in [1.29, 1.82) is 0 Å². The molecule has 1 heterocycles. The van der Waals surface area contributed by atoms with Crippen molar-refractivity contribution in [2.45, 2.75) is 12.1 Å². The molecule has 0 bridgehead atoms. The first-order chi connectivity index (χ1) is 7.74. The van der Waals surface area contributed by atoms with E-state index in [4.69, 9.17) is 5.73 Å². The minimum atomic E-state index is -1.51. The van der Waals surface area contributed by atoms with Crippen molar-refractivity contribution in [3.63, 3.8) is 0 Å². The van der Waals surface area contributed by atoms with Gasteiger partial charge in [0.2, 0.25) is 0 Å². The first-order valence-corrected chi connectivity index (χ1v) is 5.95. The molecule has 0 fully saturated rings. The van der Waals surface area contributed by atoms with Gasteiger partial charge in [0.05, 0.1) is 5.01 Å². The zero-order valence-electron chi connectivity index (χ0n) is 8.77. The Morgan fingerprint density at radius 3 is 2.62 bits per heavy atom. The Hall–Kier alpha value is -1.26. The van der Waals surface area contributed by atoms with E-state index in [9.17, 15) is 4.39 Å². The molecule has 2 nitrogen and oxygen atoms in total. The first kappa shape index (κ1) is 11.2. The molecule has 16 heavy (non-hydrogen) atoms. The summed E-state index contributed by atoms with van der Waals surface area (Å²) in [6.45, 7) is -0.0312. The Bertz CT molecular complexity index is 430. The molecule has 0 radical (unpaired) electrons. The van der Waals surface area contributed by atoms with Gasteiger partial charge in [0, 0.05) is 24.5 Å². The van der Waals surface area contributed by atoms with E-state index < -0.39 is 5.67 Å². The molecule has 0 amide bonds. The van der Waals surface area contributed by atoms with Crippen LogP contribution in [-0.4, -0.2) is 11.5 Å². The van der Waals surface area contributed by atoms with Gasteiger partial charge in [0.1, 0.15) is 0 Å². The van der Waals surface area contributed by atoms with Gasteiger partial charge in [-0.05, 0) is 5.56 Å². The summed E-state index contributed by atoms with van der Waals surface area (Å²) in [5.74, 6) is 0. The number of nitrogens with two attached hydrogens (primary N) is 1. The van der Waals surface area contributed by atoms with Crippen LogP contribution in [0.1, 0.15) is 10.6 Å². The van der Waals surface area contributed by atoms with Gasteiger partial charge in [-0.3, -0.25) is 0 Å². The lowest BCUT2D eigenvalue weighted by Gasteiger charge is -2.23. The number of benzene rings is 1. The lowest BCUT2D eigenvalue weighted by molar-refractivity contribution is 0.175. The Balaban J connectivity index is 2.26. The molecule has 2 aromatic rings. The predicted octanol–water partition coefficient (Wildman–Crippen LogP) is 2.51. The van der Waals surface area contributed by atoms with E-state index in [1.54, 1.807) is 18.3 Å². The zero-order valence-corrected chi connectivity index (χ0v) is 9.58. The molecule has 0 saturated carbocycles. The number of halogens is 1. The Labute approximate surface area is 97.9 Å². The standard InChI is InChI=1S/C12H13FN2S/c13-12(9-14,8-11-15-6-7-16-11)10-4-2-1-3-5-10/h1-7H,8-9,14H2. The number of hydrogen-bond acceptors (Lipinski definition) is 3. The molecule has 0 spiro atoms. The lowest BCUT2D eigenvalue weighted by atomic mass is 9.93. The third-order valence-electron chi connectivity index (χ3n) is 2.53. The topological polar surface area (TPSA) is 38.9 Å². The minimum Gasteiger partial charge on any atom is -0.327 e. The van der Waals surface area contributed by atoms with Gasteiger partial charge in [-0.1, -0.05) is 30.3 Å². The van der Waals surface area contributed by atoms with Crippen molar-refractivity contribution in [3.05, 3.63) is 52.5 Å². The maximum Gasteiger partial charge on any atom is 0.154 e. The molecule has 84 valence electrons. The highest BCUT2D eigenvalue weighted by Gasteiger charge is 2.31. The molecule has 0 aliphatic heterocycles. The molecule has 1 aromatic carbocycles. The van der Waals surface area contributed by atoms with Gasteiger partial charge in [0.15, 0.2) is 5.67 Å². The van der Waals surface area contributed by atoms with E-state index in [0.717, 1.165) is 5.01 Å². The largest absolute Gasteiger partial charge is 0.327 e. The summed E-state index contributed by atoms with van der Waals surface area (Å²) in [5, 5.41) is 2.62. The summed E-state index contributed by atoms with van der Waals surface area (Å²) in [7, 11) is 0. The van der Waals surface area contributed by atoms with E-state index in [1.165, 1.54) is 11.3 Å². The molecule has 1 unspecified atom stereocenters. The van der Waals surface area contributed by atoms with Crippen molar-refractivity contribution < 1.29 is 4.39 Å². The van der Waals surface area contributed by atoms with E-state index in [0.29, 0.717) is 5.56 Å². The van der Waals surface area contributed by atoms with Crippen LogP contribution in [0, 0.1) is 0 Å². The molecule has 1 aromatic heterocycles. The van der Waals surface area contributed by atoms with Crippen LogP contribution in [0.4, 0.5) is 4.39 Å². The summed E-state index contributed by atoms with van der Waals surface area (Å²) in [6.07, 6.45) is 1.92. The van der Waals surface area contributed by atoms with Gasteiger partial charge < -0.3 is 5.73 Å². The number of rotatable bonds is 4. The average molecular weight is 236 g/mol. The second-order valence-corrected chi connectivity index (χ2v) is 4.62. The second-order valence-electron chi connectivity index (χ2n) is 3.64. The highest BCUT2D eigenvalue weighted by molar-refractivity contribution is 7.09. The van der Waals surface area contributed by atoms with Crippen molar-refractivity contribution in [2.75, 3.05) is 6.54 Å². The molecule has 2 rings (SSSR count). The number of hydrogen-bond donors (Lipinski definition) is 1. The summed E-state index contributed by atoms with van der Waals surface area (Å²) >= 11 is 1.45. The van der Waals surface area contributed by atoms with Crippen LogP contribution >= 0.6 is 11.3 Å². The quantitative estimate of drug-likeness (QED) is 0.886. The third-order valence-corrected chi connectivity index (χ3v) is 3.31. The summed E-state index contributed by atoms with van der Waals surface area (Å²) in [4.78, 5) is 4.10. The molecular weight excluding hydrogens is 223 g/mol. The van der Waals surface area contributed by atoms with Crippen molar-refractivity contribution in [3.8, 4) is 0 Å². The van der Waals surface area contributed by atoms with Crippen molar-refractivity contribution in [1.82, 2.24) is 4.98 Å². The third kappa shape index (κ3) is 2.28. The van der Waals surface area contributed by atoms with Crippen LogP contribution in [0.3, 0.4) is 0 Å². The first-order valence-electron chi connectivity index (χ1n) is 5.07. The van der Waals surface area contributed by atoms with Gasteiger partial charge in [-0.25, -0.2) is 9.37 Å². The number of aromatic nitrogens is 1. The van der Waals surface area contributed by atoms with Crippen LogP contribution in [-0.2, 0) is 12.1 Å². The number of thiazole rings is 1. The van der Waals surface area contributed by atoms with Crippen LogP contribution in [0.2, 0.25) is 0 Å². The van der Waals surface area contributed by atoms with Crippen LogP contribution in [0.5, 0.6) is 0 Å². The van der Waals surface area contributed by atoms with Crippen LogP contribution in [0.15, 0.2) is 41.9 Å². The summed E-state index contributed by atoms with van der Waals surface area (Å²) in [6, 6.07) is 9.03. The molecule has 0 aliphatic rings. The fourth-order valence-corrected chi connectivity index (χ4v) is 2.32. The number of alkyl halides is 1. The van der Waals surface area contributed by atoms with Gasteiger partial charge in [-0.15, -0.1) is 11.3 Å². The highest BCUT2D eigenvalue weighted by atomic mass is 32.1. The van der Waals surface area contributed by atoms with Crippen molar-refractivity contribution >= 4 is 11.3 Å². The van der Waals surface area contributed by atoms with E-state index >= 15 is 0 Å². The minimum absolute atomic E-state index is 0.0312. The van der Waals surface area contributed by atoms with E-state index in [2.05, 4.69) is 4.98 Å². The SMILES string of the molecule is NCC(F)(Cc1nccs1)c1ccccc1. The fourth-order valence-electron chi connectivity index (χ4n) is 1.61. The van der Waals surface area contributed by atoms with E-state index in [-0.39, 0.29) is 13.0 Å². The highest BCUT2D eigenvalue weighted by Crippen LogP contribution is 2.29. The predicted molar refractivity (Wildman–Crippen MR) is 64.1 cm³/mol. The normalized spacial score (nSPS) is 14.6. The molecule has 2 N–H and O–H groups in total. The van der Waals surface area contributed by atoms with Crippen molar-refractivity contribution in [2.24, 2.45) is 5.73 Å². The Morgan fingerprint density at radius 2 is 2.06 bits per heavy atom. The maximum absolute atomic E-state index is 14.7. The lowest BCUT2D eigenvalue weighted by Crippen LogP contribution is -2.32. The second kappa shape index (κ2) is 4.72. The molecule has 4 heteroatoms. The van der Waals surface area contributed by atoms with E-state index in [1.807, 2.05) is 23.6 Å². The van der Waals surface area contributed by atoms with Gasteiger partial charge in [0.25, 0.3) is 0 Å². The fraction of sp³-hybridized carbons (Fsp3) is 0.250. The summed E-state index contributed by atoms with van der Waals surface area (Å²) < 4.78 is 14.7. The monoisotopic (exact) mass is 236 g/mol. The Kier molecular flexibility index (Phi) is 3.31. The summed E-state index contributed by atoms with van der Waals surface area (Å²) in [5.41, 5.74) is 4.66. The Morgan fingerprint density at radius 1 is 1.31 bits per heavy atom. The van der Waals surface area contributed by atoms with Crippen LogP contribution in [0.25, 0.3) is 0 Å². The van der Waals surface area contributed by atoms with Gasteiger partial charge in [-0.2, -0.15) is 0 Å². The smallest absolute Gasteiger partial charge is 0.154 e. The molecular formula is C12H13FN2S. The average Bonchev–Trinajstić information content (AvgIpc) is 2.83. The molecule has 0 aliphatic carbocycles. The molecule has 1 atom stereocenters. The maximum atomic E-state index is 14.7. The van der Waals surface area contributed by atoms with Crippen LogP contribution < -0.4 is 5.73 Å². The molecule has 0 saturated heterocycles.